The van der Waals surface area contributed by atoms with E-state index in [1.54, 1.807) is 19.2 Å². The molecule has 26 heavy (non-hydrogen) atoms. The van der Waals surface area contributed by atoms with Gasteiger partial charge in [-0.3, -0.25) is 0 Å². The lowest BCUT2D eigenvalue weighted by molar-refractivity contribution is 0.284. The molecule has 0 aliphatic rings. The van der Waals surface area contributed by atoms with Crippen LogP contribution in [0, 0.1) is 12.7 Å². The Morgan fingerprint density at radius 2 is 1.62 bits per heavy atom. The molecule has 0 fully saturated rings. The zero-order valence-corrected chi connectivity index (χ0v) is 15.0. The zero-order valence-electron chi connectivity index (χ0n) is 15.0. The number of ether oxygens (including phenoxy) is 2. The summed E-state index contributed by atoms with van der Waals surface area (Å²) in [6, 6.07) is 20.3. The normalized spacial score (nSPS) is 10.4. The summed E-state index contributed by atoms with van der Waals surface area (Å²) in [5.74, 6) is 1.09. The highest BCUT2D eigenvalue weighted by Gasteiger charge is 2.07. The van der Waals surface area contributed by atoms with Crippen LogP contribution in [0.2, 0.25) is 0 Å². The molecule has 3 rings (SSSR count). The summed E-state index contributed by atoms with van der Waals surface area (Å²) in [6.45, 7) is 3.13. The second-order valence-corrected chi connectivity index (χ2v) is 6.07. The van der Waals surface area contributed by atoms with Crippen LogP contribution in [-0.4, -0.2) is 7.11 Å². The number of hydrogen-bond donors (Lipinski definition) is 1. The Morgan fingerprint density at radius 1 is 0.885 bits per heavy atom. The number of nitrogens with one attached hydrogen (secondary N) is 1. The van der Waals surface area contributed by atoms with Gasteiger partial charge in [-0.2, -0.15) is 0 Å². The van der Waals surface area contributed by atoms with Crippen LogP contribution < -0.4 is 14.8 Å². The second-order valence-electron chi connectivity index (χ2n) is 6.07. The van der Waals surface area contributed by atoms with E-state index in [1.807, 2.05) is 30.3 Å². The fourth-order valence-electron chi connectivity index (χ4n) is 2.65. The van der Waals surface area contributed by atoms with Crippen LogP contribution in [0.4, 0.5) is 10.1 Å². The van der Waals surface area contributed by atoms with Crippen molar-refractivity contribution >= 4 is 5.69 Å². The van der Waals surface area contributed by atoms with Crippen LogP contribution in [0.25, 0.3) is 0 Å². The van der Waals surface area contributed by atoms with Gasteiger partial charge in [-0.05, 0) is 53.9 Å². The van der Waals surface area contributed by atoms with Crippen molar-refractivity contribution in [1.82, 2.24) is 0 Å². The number of para-hydroxylation sites is 1. The zero-order chi connectivity index (χ0) is 18.4. The van der Waals surface area contributed by atoms with E-state index in [-0.39, 0.29) is 5.82 Å². The number of anilines is 1. The number of methoxy groups -OCH3 is 1. The average molecular weight is 351 g/mol. The summed E-state index contributed by atoms with van der Waals surface area (Å²) in [4.78, 5) is 0. The Kier molecular flexibility index (Phi) is 5.74. The second kappa shape index (κ2) is 8.39. The first kappa shape index (κ1) is 17.8. The molecular weight excluding hydrogens is 329 g/mol. The van der Waals surface area contributed by atoms with Crippen LogP contribution in [0.5, 0.6) is 11.5 Å². The van der Waals surface area contributed by atoms with Gasteiger partial charge in [0.2, 0.25) is 0 Å². The van der Waals surface area contributed by atoms with E-state index >= 15 is 0 Å². The molecule has 3 nitrogen and oxygen atoms in total. The monoisotopic (exact) mass is 351 g/mol. The largest absolute Gasteiger partial charge is 0.493 e. The third kappa shape index (κ3) is 4.54. The number of halogens is 1. The molecular formula is C22H22FNO2. The molecule has 0 bridgehead atoms. The highest BCUT2D eigenvalue weighted by atomic mass is 19.1. The molecule has 0 aliphatic heterocycles. The van der Waals surface area contributed by atoms with Gasteiger partial charge in [0.1, 0.15) is 12.4 Å². The van der Waals surface area contributed by atoms with Gasteiger partial charge in [0.15, 0.2) is 11.5 Å². The summed E-state index contributed by atoms with van der Waals surface area (Å²) in [5, 5.41) is 3.43. The Labute approximate surface area is 153 Å². The molecule has 0 aromatic heterocycles. The smallest absolute Gasteiger partial charge is 0.161 e. The maximum Gasteiger partial charge on any atom is 0.161 e. The maximum absolute atomic E-state index is 13.0. The number of rotatable bonds is 7. The molecule has 0 unspecified atom stereocenters. The number of hydrogen-bond acceptors (Lipinski definition) is 3. The quantitative estimate of drug-likeness (QED) is 0.624. The first-order chi connectivity index (χ1) is 12.7. The first-order valence-corrected chi connectivity index (χ1v) is 8.49. The molecule has 0 spiro atoms. The highest BCUT2D eigenvalue weighted by molar-refractivity contribution is 5.51. The minimum atomic E-state index is -0.253. The molecule has 0 saturated carbocycles. The molecule has 134 valence electrons. The molecule has 0 radical (unpaired) electrons. The number of benzene rings is 3. The van der Waals surface area contributed by atoms with Crippen LogP contribution in [-0.2, 0) is 13.2 Å². The average Bonchev–Trinajstić information content (AvgIpc) is 2.67. The Hall–Kier alpha value is -3.01. The van der Waals surface area contributed by atoms with Crippen molar-refractivity contribution in [3.8, 4) is 11.5 Å². The summed E-state index contributed by atoms with van der Waals surface area (Å²) in [5.41, 5.74) is 4.32. The predicted octanol–water partition coefficient (Wildman–Crippen LogP) is 5.33. The van der Waals surface area contributed by atoms with Gasteiger partial charge in [-0.15, -0.1) is 0 Å². The van der Waals surface area contributed by atoms with E-state index in [9.17, 15) is 4.39 Å². The lowest BCUT2D eigenvalue weighted by atomic mass is 10.1. The SMILES string of the molecule is COc1cc(CNc2ccccc2C)ccc1OCc1ccc(F)cc1. The van der Waals surface area contributed by atoms with E-state index in [1.165, 1.54) is 17.7 Å². The molecule has 4 heteroatoms. The van der Waals surface area contributed by atoms with Crippen molar-refractivity contribution in [1.29, 1.82) is 0 Å². The van der Waals surface area contributed by atoms with Crippen molar-refractivity contribution in [2.24, 2.45) is 0 Å². The van der Waals surface area contributed by atoms with Gasteiger partial charge in [0.05, 0.1) is 7.11 Å². The third-order valence-electron chi connectivity index (χ3n) is 4.16. The summed E-state index contributed by atoms with van der Waals surface area (Å²) >= 11 is 0. The molecule has 3 aromatic rings. The minimum absolute atomic E-state index is 0.253. The van der Waals surface area contributed by atoms with E-state index in [2.05, 4.69) is 24.4 Å². The van der Waals surface area contributed by atoms with Crippen molar-refractivity contribution in [3.63, 3.8) is 0 Å². The maximum atomic E-state index is 13.0. The Bertz CT molecular complexity index is 862. The van der Waals surface area contributed by atoms with Crippen molar-refractivity contribution < 1.29 is 13.9 Å². The van der Waals surface area contributed by atoms with Crippen molar-refractivity contribution in [2.75, 3.05) is 12.4 Å². The predicted molar refractivity (Wildman–Crippen MR) is 102 cm³/mol. The Morgan fingerprint density at radius 3 is 2.35 bits per heavy atom. The molecule has 0 saturated heterocycles. The van der Waals surface area contributed by atoms with Crippen LogP contribution in [0.15, 0.2) is 66.7 Å². The highest BCUT2D eigenvalue weighted by Crippen LogP contribution is 2.29. The summed E-state index contributed by atoms with van der Waals surface area (Å²) in [7, 11) is 1.62. The third-order valence-corrected chi connectivity index (χ3v) is 4.16. The van der Waals surface area contributed by atoms with Crippen LogP contribution >= 0.6 is 0 Å². The summed E-state index contributed by atoms with van der Waals surface area (Å²) < 4.78 is 24.2. The van der Waals surface area contributed by atoms with Gasteiger partial charge in [0.25, 0.3) is 0 Å². The lowest BCUT2D eigenvalue weighted by Gasteiger charge is -2.14. The molecule has 0 heterocycles. The van der Waals surface area contributed by atoms with Gasteiger partial charge < -0.3 is 14.8 Å². The molecule has 1 N–H and O–H groups in total. The molecule has 3 aromatic carbocycles. The van der Waals surface area contributed by atoms with Gasteiger partial charge in [-0.1, -0.05) is 36.4 Å². The fourth-order valence-corrected chi connectivity index (χ4v) is 2.65. The summed E-state index contributed by atoms with van der Waals surface area (Å²) in [6.07, 6.45) is 0. The molecule has 0 amide bonds. The molecule has 0 atom stereocenters. The molecule has 0 aliphatic carbocycles. The van der Waals surface area contributed by atoms with Gasteiger partial charge in [0, 0.05) is 12.2 Å². The van der Waals surface area contributed by atoms with Crippen LogP contribution in [0.1, 0.15) is 16.7 Å². The fraction of sp³-hybridized carbons (Fsp3) is 0.182. The van der Waals surface area contributed by atoms with E-state index in [0.717, 1.165) is 16.8 Å². The minimum Gasteiger partial charge on any atom is -0.493 e. The Balaban J connectivity index is 1.65. The van der Waals surface area contributed by atoms with E-state index in [0.29, 0.717) is 24.7 Å². The topological polar surface area (TPSA) is 30.5 Å². The van der Waals surface area contributed by atoms with Crippen molar-refractivity contribution in [3.05, 3.63) is 89.2 Å². The van der Waals surface area contributed by atoms with E-state index in [4.69, 9.17) is 9.47 Å². The number of aryl methyl sites for hydroxylation is 1. The lowest BCUT2D eigenvalue weighted by Crippen LogP contribution is -2.02. The van der Waals surface area contributed by atoms with Crippen molar-refractivity contribution in [2.45, 2.75) is 20.1 Å². The van der Waals surface area contributed by atoms with Gasteiger partial charge >= 0.3 is 0 Å². The van der Waals surface area contributed by atoms with Gasteiger partial charge in [-0.25, -0.2) is 4.39 Å². The standard InChI is InChI=1S/C22H22FNO2/c1-16-5-3-4-6-20(16)24-14-18-9-12-21(22(13-18)25-2)26-15-17-7-10-19(23)11-8-17/h3-13,24H,14-15H2,1-2H3. The van der Waals surface area contributed by atoms with Crippen LogP contribution in [0.3, 0.4) is 0 Å². The van der Waals surface area contributed by atoms with E-state index < -0.39 is 0 Å². The first-order valence-electron chi connectivity index (χ1n) is 8.49.